The van der Waals surface area contributed by atoms with Crippen LogP contribution in [0.1, 0.15) is 32.1 Å². The number of likely N-dealkylation sites (tertiary alicyclic amines) is 1. The minimum atomic E-state index is 0.00755. The number of nitrogens with zero attached hydrogens (tertiary/aromatic N) is 3. The Labute approximate surface area is 155 Å². The quantitative estimate of drug-likeness (QED) is 0.551. The lowest BCUT2D eigenvalue weighted by Gasteiger charge is -2.36. The summed E-state index contributed by atoms with van der Waals surface area (Å²) >= 11 is 0. The van der Waals surface area contributed by atoms with Gasteiger partial charge >= 0.3 is 0 Å². The highest BCUT2D eigenvalue weighted by Crippen LogP contribution is 2.22. The molecule has 2 aliphatic rings. The van der Waals surface area contributed by atoms with Gasteiger partial charge in [-0.3, -0.25) is 19.4 Å². The van der Waals surface area contributed by atoms with Crippen molar-refractivity contribution in [1.82, 2.24) is 9.80 Å². The van der Waals surface area contributed by atoms with Crippen molar-refractivity contribution < 1.29 is 14.3 Å². The van der Waals surface area contributed by atoms with Crippen LogP contribution in [0.3, 0.4) is 0 Å². The Morgan fingerprint density at radius 3 is 2.35 bits per heavy atom. The van der Waals surface area contributed by atoms with Gasteiger partial charge in [-0.25, -0.2) is 0 Å². The maximum absolute atomic E-state index is 11.8. The summed E-state index contributed by atoms with van der Waals surface area (Å²) in [4.78, 5) is 29.9. The number of methoxy groups -OCH3 is 1. The van der Waals surface area contributed by atoms with Crippen molar-refractivity contribution >= 4 is 17.5 Å². The van der Waals surface area contributed by atoms with Crippen molar-refractivity contribution in [2.45, 2.75) is 32.1 Å². The van der Waals surface area contributed by atoms with Gasteiger partial charge in [0.2, 0.25) is 11.8 Å². The van der Waals surface area contributed by atoms with Gasteiger partial charge in [-0.1, -0.05) is 6.07 Å². The van der Waals surface area contributed by atoms with E-state index in [2.05, 4.69) is 21.9 Å². The second kappa shape index (κ2) is 9.03. The third-order valence-corrected chi connectivity index (χ3v) is 5.28. The molecule has 2 aliphatic heterocycles. The fourth-order valence-corrected chi connectivity index (χ4v) is 3.69. The number of amides is 2. The van der Waals surface area contributed by atoms with E-state index < -0.39 is 0 Å². The largest absolute Gasteiger partial charge is 0.497 e. The van der Waals surface area contributed by atoms with Crippen LogP contribution >= 0.6 is 0 Å². The molecule has 2 amide bonds. The van der Waals surface area contributed by atoms with Gasteiger partial charge in [0.05, 0.1) is 7.11 Å². The van der Waals surface area contributed by atoms with E-state index in [1.54, 1.807) is 7.11 Å². The van der Waals surface area contributed by atoms with E-state index in [0.29, 0.717) is 25.8 Å². The molecular formula is C20H29N3O3. The monoisotopic (exact) mass is 359 g/mol. The number of anilines is 1. The highest BCUT2D eigenvalue weighted by molar-refractivity contribution is 5.97. The molecule has 2 fully saturated rings. The Bertz CT molecular complexity index is 610. The summed E-state index contributed by atoms with van der Waals surface area (Å²) in [7, 11) is 1.70. The highest BCUT2D eigenvalue weighted by atomic mass is 16.5. The van der Waals surface area contributed by atoms with Crippen LogP contribution in [0, 0.1) is 0 Å². The van der Waals surface area contributed by atoms with Crippen LogP contribution in [-0.2, 0) is 9.59 Å². The summed E-state index contributed by atoms with van der Waals surface area (Å²) in [6.45, 7) is 5.72. The van der Waals surface area contributed by atoms with Crippen molar-refractivity contribution in [2.75, 3.05) is 51.3 Å². The predicted molar refractivity (Wildman–Crippen MR) is 101 cm³/mol. The molecule has 0 bridgehead atoms. The highest BCUT2D eigenvalue weighted by Gasteiger charge is 2.25. The average Bonchev–Trinajstić information content (AvgIpc) is 2.67. The molecule has 0 N–H and O–H groups in total. The molecule has 3 rings (SSSR count). The second-order valence-corrected chi connectivity index (χ2v) is 7.03. The molecule has 0 aliphatic carbocycles. The zero-order valence-corrected chi connectivity index (χ0v) is 15.7. The van der Waals surface area contributed by atoms with E-state index in [0.717, 1.165) is 51.3 Å². The first-order chi connectivity index (χ1) is 12.7. The molecule has 0 atom stereocenters. The van der Waals surface area contributed by atoms with Gasteiger partial charge in [-0.2, -0.15) is 0 Å². The minimum absolute atomic E-state index is 0.00755. The standard InChI is InChI=1S/C20H29N3O3/c1-26-18-7-4-6-17(16-18)22-14-12-21(13-15-22)10-2-3-11-23-19(24)8-5-9-20(23)25/h4,6-7,16H,2-3,5,8-15H2,1H3. The maximum atomic E-state index is 11.8. The lowest BCUT2D eigenvalue weighted by Crippen LogP contribution is -2.46. The average molecular weight is 359 g/mol. The van der Waals surface area contributed by atoms with Crippen LogP contribution in [0.5, 0.6) is 5.75 Å². The zero-order valence-electron chi connectivity index (χ0n) is 15.7. The van der Waals surface area contributed by atoms with Gasteiger partial charge in [0.15, 0.2) is 0 Å². The lowest BCUT2D eigenvalue weighted by molar-refractivity contribution is -0.148. The lowest BCUT2D eigenvalue weighted by atomic mass is 10.1. The van der Waals surface area contributed by atoms with E-state index in [-0.39, 0.29) is 11.8 Å². The number of carbonyl (C=O) groups excluding carboxylic acids is 2. The number of ether oxygens (including phenoxy) is 1. The van der Waals surface area contributed by atoms with Gasteiger partial charge in [0, 0.05) is 57.3 Å². The number of piperazine rings is 1. The van der Waals surface area contributed by atoms with Gasteiger partial charge in [-0.05, 0) is 37.9 Å². The minimum Gasteiger partial charge on any atom is -0.497 e. The molecule has 6 nitrogen and oxygen atoms in total. The van der Waals surface area contributed by atoms with E-state index >= 15 is 0 Å². The Kier molecular flexibility index (Phi) is 6.50. The molecule has 1 aromatic rings. The van der Waals surface area contributed by atoms with Crippen LogP contribution in [0.2, 0.25) is 0 Å². The fraction of sp³-hybridized carbons (Fsp3) is 0.600. The van der Waals surface area contributed by atoms with Gasteiger partial charge in [0.25, 0.3) is 0 Å². The third-order valence-electron chi connectivity index (χ3n) is 5.28. The molecule has 0 saturated carbocycles. The van der Waals surface area contributed by atoms with Crippen LogP contribution < -0.4 is 9.64 Å². The summed E-state index contributed by atoms with van der Waals surface area (Å²) in [5, 5.41) is 0. The smallest absolute Gasteiger partial charge is 0.229 e. The first kappa shape index (κ1) is 18.7. The number of unbranched alkanes of at least 4 members (excludes halogenated alkanes) is 1. The Hall–Kier alpha value is -2.08. The van der Waals surface area contributed by atoms with Gasteiger partial charge < -0.3 is 9.64 Å². The number of rotatable bonds is 7. The fourth-order valence-electron chi connectivity index (χ4n) is 3.69. The molecule has 1 aromatic carbocycles. The third kappa shape index (κ3) is 4.75. The van der Waals surface area contributed by atoms with Crippen molar-refractivity contribution in [2.24, 2.45) is 0 Å². The van der Waals surface area contributed by atoms with Crippen LogP contribution in [0.25, 0.3) is 0 Å². The SMILES string of the molecule is COc1cccc(N2CCN(CCCCN3C(=O)CCCC3=O)CC2)c1. The molecule has 142 valence electrons. The van der Waals surface area contributed by atoms with E-state index in [1.807, 2.05) is 12.1 Å². The molecule has 0 aromatic heterocycles. The van der Waals surface area contributed by atoms with Crippen molar-refractivity contribution in [3.8, 4) is 5.75 Å². The predicted octanol–water partition coefficient (Wildman–Crippen LogP) is 2.14. The van der Waals surface area contributed by atoms with Crippen LogP contribution in [-0.4, -0.2) is 68.0 Å². The Morgan fingerprint density at radius 2 is 1.65 bits per heavy atom. The summed E-state index contributed by atoms with van der Waals surface area (Å²) in [6.07, 6.45) is 3.69. The number of hydrogen-bond acceptors (Lipinski definition) is 5. The molecule has 0 unspecified atom stereocenters. The molecule has 0 spiro atoms. The number of hydrogen-bond donors (Lipinski definition) is 0. The van der Waals surface area contributed by atoms with E-state index in [1.165, 1.54) is 10.6 Å². The maximum Gasteiger partial charge on any atom is 0.229 e. The molecular weight excluding hydrogens is 330 g/mol. The molecule has 2 heterocycles. The summed E-state index contributed by atoms with van der Waals surface area (Å²) < 4.78 is 5.31. The summed E-state index contributed by atoms with van der Waals surface area (Å²) in [6, 6.07) is 8.22. The topological polar surface area (TPSA) is 53.1 Å². The number of carbonyl (C=O) groups is 2. The first-order valence-corrected chi connectivity index (χ1v) is 9.62. The van der Waals surface area contributed by atoms with Crippen molar-refractivity contribution in [3.63, 3.8) is 0 Å². The number of benzene rings is 1. The van der Waals surface area contributed by atoms with Crippen LogP contribution in [0.15, 0.2) is 24.3 Å². The molecule has 0 radical (unpaired) electrons. The Balaban J connectivity index is 1.36. The van der Waals surface area contributed by atoms with Crippen LogP contribution in [0.4, 0.5) is 5.69 Å². The van der Waals surface area contributed by atoms with E-state index in [9.17, 15) is 9.59 Å². The molecule has 26 heavy (non-hydrogen) atoms. The van der Waals surface area contributed by atoms with E-state index in [4.69, 9.17) is 4.74 Å². The summed E-state index contributed by atoms with van der Waals surface area (Å²) in [5.74, 6) is 0.910. The summed E-state index contributed by atoms with van der Waals surface area (Å²) in [5.41, 5.74) is 1.21. The second-order valence-electron chi connectivity index (χ2n) is 7.03. The molecule has 6 heteroatoms. The first-order valence-electron chi connectivity index (χ1n) is 9.62. The van der Waals surface area contributed by atoms with Crippen molar-refractivity contribution in [1.29, 1.82) is 0 Å². The zero-order chi connectivity index (χ0) is 18.4. The van der Waals surface area contributed by atoms with Crippen molar-refractivity contribution in [3.05, 3.63) is 24.3 Å². The normalized spacial score (nSPS) is 19.1. The number of piperidine rings is 1. The molecule has 2 saturated heterocycles. The van der Waals surface area contributed by atoms with Gasteiger partial charge in [-0.15, -0.1) is 0 Å². The van der Waals surface area contributed by atoms with Gasteiger partial charge in [0.1, 0.15) is 5.75 Å². The Morgan fingerprint density at radius 1 is 0.962 bits per heavy atom. The number of imide groups is 1.